The molecule has 0 aromatic heterocycles. The van der Waals surface area contributed by atoms with Crippen LogP contribution in [0.3, 0.4) is 0 Å². The maximum Gasteiger partial charge on any atom is 0.306 e. The van der Waals surface area contributed by atoms with Gasteiger partial charge in [0.1, 0.15) is 11.9 Å². The van der Waals surface area contributed by atoms with Crippen LogP contribution in [0.15, 0.2) is 47.6 Å². The number of fused-ring (bicyclic) bond motifs is 5. The molecule has 7 unspecified atom stereocenters. The number of carbonyl (C=O) groups excluding carboxylic acids is 3. The minimum Gasteiger partial charge on any atom is -0.462 e. The Bertz CT molecular complexity index is 1650. The molecule has 0 aromatic rings. The molecule has 3 saturated carbocycles. The maximum atomic E-state index is 13.3. The van der Waals surface area contributed by atoms with Gasteiger partial charge in [0.2, 0.25) is 0 Å². The molecular weight excluding hydrogens is 893 g/mol. The molecule has 7 atom stereocenters. The molecule has 0 aliphatic heterocycles. The number of hydrogen-bond acceptors (Lipinski definition) is 6. The van der Waals surface area contributed by atoms with Gasteiger partial charge in [0.25, 0.3) is 5.24 Å². The fourth-order valence-corrected chi connectivity index (χ4v) is 14.2. The number of hydrogen-bond donors (Lipinski definition) is 0. The molecule has 6 nitrogen and oxygen atoms in total. The molecule has 0 saturated heterocycles. The van der Waals surface area contributed by atoms with E-state index in [0.717, 1.165) is 152 Å². The van der Waals surface area contributed by atoms with Gasteiger partial charge in [-0.2, -0.15) is 0 Å². The molecule has 71 heavy (non-hydrogen) atoms. The summed E-state index contributed by atoms with van der Waals surface area (Å²) in [7, 11) is 4.17. The number of ether oxygens (including phenoxy) is 1. The molecule has 1 amide bonds. The van der Waals surface area contributed by atoms with E-state index in [1.807, 2.05) is 0 Å². The molecule has 0 N–H and O–H groups in total. The van der Waals surface area contributed by atoms with E-state index < -0.39 is 0 Å². The fraction of sp³-hybridized carbons (Fsp3) is 0.828. The molecule has 7 heteroatoms. The van der Waals surface area contributed by atoms with Gasteiger partial charge in [-0.15, -0.1) is 0 Å². The lowest BCUT2D eigenvalue weighted by Crippen LogP contribution is -2.46. The largest absolute Gasteiger partial charge is 0.462 e. The van der Waals surface area contributed by atoms with Gasteiger partial charge in [-0.05, 0) is 170 Å². The number of allylic oxidation sites excluding steroid dienone is 7. The van der Waals surface area contributed by atoms with Crippen molar-refractivity contribution in [1.82, 2.24) is 9.80 Å². The summed E-state index contributed by atoms with van der Waals surface area (Å²) in [6.07, 6.45) is 50.9. The van der Waals surface area contributed by atoms with Crippen LogP contribution in [0.4, 0.5) is 4.79 Å². The minimum absolute atomic E-state index is 0.00383. The average molecular weight is 1000 g/mol. The predicted octanol–water partition coefficient (Wildman–Crippen LogP) is 18.3. The van der Waals surface area contributed by atoms with Crippen LogP contribution < -0.4 is 0 Å². The third-order valence-corrected chi connectivity index (χ3v) is 18.9. The highest BCUT2D eigenvalue weighted by Gasteiger charge is 2.57. The zero-order valence-corrected chi connectivity index (χ0v) is 48.3. The van der Waals surface area contributed by atoms with Crippen LogP contribution in [0.1, 0.15) is 253 Å². The Balaban J connectivity index is 1.07. The number of esters is 1. The Morgan fingerprint density at radius 3 is 1.97 bits per heavy atom. The fourth-order valence-electron chi connectivity index (χ4n) is 13.4. The van der Waals surface area contributed by atoms with Crippen molar-refractivity contribution in [3.05, 3.63) is 47.6 Å². The molecule has 3 fully saturated rings. The first kappa shape index (κ1) is 61.4. The van der Waals surface area contributed by atoms with Crippen molar-refractivity contribution in [2.45, 2.75) is 260 Å². The molecule has 4 aliphatic carbocycles. The Kier molecular flexibility index (Phi) is 29.8. The van der Waals surface area contributed by atoms with Crippen molar-refractivity contribution in [2.24, 2.45) is 40.4 Å². The molecule has 0 spiro atoms. The number of carbonyl (C=O) groups is 3. The van der Waals surface area contributed by atoms with Crippen molar-refractivity contribution in [1.29, 1.82) is 0 Å². The number of unbranched alkanes of at least 4 members (excludes halogenated alkanes) is 14. The molecule has 4 rings (SSSR count). The SMILES string of the molecule is CCCCC/C=C\C/C=C\CCCCCCCC(=O)CCCCCCN(CCCCCCC(=O)OC1CCC2(C)C(=CC=C3C2CCC2(C)C3CCC2C(C)CCCC(C)C)C1)C(=O)SCCCN(C)C. The van der Waals surface area contributed by atoms with Crippen LogP contribution in [-0.2, 0) is 14.3 Å². The van der Waals surface area contributed by atoms with E-state index in [4.69, 9.17) is 4.74 Å². The highest BCUT2D eigenvalue weighted by Crippen LogP contribution is 2.66. The van der Waals surface area contributed by atoms with E-state index in [2.05, 4.69) is 102 Å². The normalized spacial score (nSPS) is 24.5. The van der Waals surface area contributed by atoms with Crippen molar-refractivity contribution < 1.29 is 19.1 Å². The van der Waals surface area contributed by atoms with Crippen LogP contribution in [-0.4, -0.2) is 72.4 Å². The lowest BCUT2D eigenvalue weighted by molar-refractivity contribution is -0.151. The van der Waals surface area contributed by atoms with E-state index in [1.54, 1.807) is 5.57 Å². The van der Waals surface area contributed by atoms with E-state index in [-0.39, 0.29) is 22.7 Å². The zero-order valence-electron chi connectivity index (χ0n) is 47.5. The number of rotatable bonds is 38. The van der Waals surface area contributed by atoms with Crippen LogP contribution in [0, 0.1) is 40.4 Å². The summed E-state index contributed by atoms with van der Waals surface area (Å²) < 4.78 is 6.19. The molecular formula is C64H110N2O4S. The number of ketones is 1. The number of amides is 1. The van der Waals surface area contributed by atoms with E-state index >= 15 is 0 Å². The summed E-state index contributed by atoms with van der Waals surface area (Å²) >= 11 is 1.47. The molecule has 0 radical (unpaired) electrons. The summed E-state index contributed by atoms with van der Waals surface area (Å²) in [6, 6.07) is 0. The van der Waals surface area contributed by atoms with Crippen LogP contribution >= 0.6 is 11.8 Å². The summed E-state index contributed by atoms with van der Waals surface area (Å²) in [5, 5.41) is 0.204. The third kappa shape index (κ3) is 21.9. The van der Waals surface area contributed by atoms with Gasteiger partial charge in [0, 0.05) is 44.5 Å². The molecule has 406 valence electrons. The monoisotopic (exact) mass is 1000 g/mol. The number of nitrogens with zero attached hydrogens (tertiary/aromatic N) is 2. The first-order valence-electron chi connectivity index (χ1n) is 30.3. The van der Waals surface area contributed by atoms with Gasteiger partial charge in [-0.1, -0.05) is 178 Å². The summed E-state index contributed by atoms with van der Waals surface area (Å²) in [6.45, 7) is 17.3. The minimum atomic E-state index is -0.0339. The van der Waals surface area contributed by atoms with Crippen molar-refractivity contribution in [3.8, 4) is 0 Å². The quantitative estimate of drug-likeness (QED) is 0.0349. The molecule has 0 heterocycles. The standard InChI is InChI=1S/C64H110N2O4S/c1-9-10-11-12-13-14-15-16-17-18-19-20-21-22-27-36-55(67)37-28-23-25-30-48-66(62(69)71-50-33-47-65(7)8)49-31-26-24-29-38-61(68)70-56-43-45-63(5)54(51-56)39-40-57-59-42-41-58(53(4)35-32-34-52(2)3)64(59,6)46-44-60(57)63/h13-14,16-17,39-40,52-53,56,58-60H,9-12,15,18-38,41-51H2,1-8H3/b14-13-,17-16-. The van der Waals surface area contributed by atoms with Gasteiger partial charge in [-0.3, -0.25) is 14.4 Å². The van der Waals surface area contributed by atoms with Crippen LogP contribution in [0.2, 0.25) is 0 Å². The Hall–Kier alpha value is -2.12. The first-order valence-corrected chi connectivity index (χ1v) is 31.3. The Morgan fingerprint density at radius 1 is 0.676 bits per heavy atom. The zero-order chi connectivity index (χ0) is 51.3. The summed E-state index contributed by atoms with van der Waals surface area (Å²) in [5.74, 6) is 5.10. The third-order valence-electron chi connectivity index (χ3n) is 17.9. The summed E-state index contributed by atoms with van der Waals surface area (Å²) in [4.78, 5) is 43.3. The smallest absolute Gasteiger partial charge is 0.306 e. The highest BCUT2D eigenvalue weighted by atomic mass is 32.2. The van der Waals surface area contributed by atoms with Gasteiger partial charge < -0.3 is 14.5 Å². The van der Waals surface area contributed by atoms with Gasteiger partial charge in [0.05, 0.1) is 0 Å². The number of thioether (sulfide) groups is 1. The molecule has 0 aromatic carbocycles. The molecule has 0 bridgehead atoms. The summed E-state index contributed by atoms with van der Waals surface area (Å²) in [5.41, 5.74) is 3.95. The lowest BCUT2D eigenvalue weighted by atomic mass is 9.50. The second-order valence-electron chi connectivity index (χ2n) is 24.4. The van der Waals surface area contributed by atoms with E-state index in [1.165, 1.54) is 114 Å². The maximum absolute atomic E-state index is 13.3. The van der Waals surface area contributed by atoms with Gasteiger partial charge in [0.15, 0.2) is 0 Å². The van der Waals surface area contributed by atoms with Gasteiger partial charge in [-0.25, -0.2) is 0 Å². The van der Waals surface area contributed by atoms with Crippen molar-refractivity contribution in [2.75, 3.05) is 39.5 Å². The topological polar surface area (TPSA) is 66.9 Å². The van der Waals surface area contributed by atoms with Gasteiger partial charge >= 0.3 is 5.97 Å². The van der Waals surface area contributed by atoms with Crippen LogP contribution in [0.5, 0.6) is 0 Å². The second-order valence-corrected chi connectivity index (χ2v) is 25.4. The number of Topliss-reactive ketones (excluding diaryl/α,β-unsaturated/α-hetero) is 1. The van der Waals surface area contributed by atoms with Crippen molar-refractivity contribution in [3.63, 3.8) is 0 Å². The lowest BCUT2D eigenvalue weighted by Gasteiger charge is -2.55. The molecule has 4 aliphatic rings. The predicted molar refractivity (Wildman–Crippen MR) is 306 cm³/mol. The van der Waals surface area contributed by atoms with E-state index in [9.17, 15) is 14.4 Å². The van der Waals surface area contributed by atoms with Crippen molar-refractivity contribution >= 4 is 28.8 Å². The average Bonchev–Trinajstić information content (AvgIpc) is 3.70. The first-order chi connectivity index (χ1) is 34.3. The second kappa shape index (κ2) is 34.4. The van der Waals surface area contributed by atoms with Crippen LogP contribution in [0.25, 0.3) is 0 Å². The Labute approximate surface area is 442 Å². The highest BCUT2D eigenvalue weighted by molar-refractivity contribution is 8.13. The van der Waals surface area contributed by atoms with E-state index in [0.29, 0.717) is 30.0 Å². The Morgan fingerprint density at radius 2 is 1.31 bits per heavy atom.